The first kappa shape index (κ1) is 20.7. The zero-order valence-electron chi connectivity index (χ0n) is 16.2. The molecule has 1 aromatic heterocycles. The highest BCUT2D eigenvalue weighted by molar-refractivity contribution is 8.00. The Morgan fingerprint density at radius 1 is 0.900 bits per heavy atom. The number of amides is 2. The molecule has 0 aliphatic rings. The largest absolute Gasteiger partial charge is 0.325 e. The summed E-state index contributed by atoms with van der Waals surface area (Å²) in [4.78, 5) is 28.9. The van der Waals surface area contributed by atoms with Crippen LogP contribution in [0.5, 0.6) is 0 Å². The fraction of sp³-hybridized carbons (Fsp3) is 0.136. The molecule has 0 radical (unpaired) electrons. The SMILES string of the molecule is CSc1nc2ccc(NC(=O)CSCC(=O)Nc3ccc4ccccc4c3)cc2s1. The van der Waals surface area contributed by atoms with Gasteiger partial charge in [0.15, 0.2) is 4.34 Å². The zero-order chi connectivity index (χ0) is 20.9. The molecule has 5 nitrogen and oxygen atoms in total. The van der Waals surface area contributed by atoms with Crippen LogP contribution in [0, 0.1) is 0 Å². The van der Waals surface area contributed by atoms with Crippen LogP contribution < -0.4 is 10.6 Å². The van der Waals surface area contributed by atoms with Gasteiger partial charge in [-0.25, -0.2) is 4.98 Å². The van der Waals surface area contributed by atoms with Crippen molar-refractivity contribution in [2.45, 2.75) is 4.34 Å². The van der Waals surface area contributed by atoms with Crippen LogP contribution >= 0.6 is 34.9 Å². The Balaban J connectivity index is 1.26. The molecule has 0 aliphatic carbocycles. The van der Waals surface area contributed by atoms with Crippen LogP contribution in [0.4, 0.5) is 11.4 Å². The number of rotatable bonds is 7. The second-order valence-electron chi connectivity index (χ2n) is 6.52. The summed E-state index contributed by atoms with van der Waals surface area (Å²) >= 11 is 4.50. The minimum absolute atomic E-state index is 0.126. The number of aromatic nitrogens is 1. The highest BCUT2D eigenvalue weighted by Gasteiger charge is 2.09. The third-order valence-corrected chi connectivity index (χ3v) is 7.26. The molecule has 2 amide bonds. The Bertz CT molecular complexity index is 1220. The monoisotopic (exact) mass is 453 g/mol. The third-order valence-electron chi connectivity index (χ3n) is 4.33. The van der Waals surface area contributed by atoms with Crippen molar-refractivity contribution in [2.24, 2.45) is 0 Å². The number of nitrogens with zero attached hydrogens (tertiary/aromatic N) is 1. The van der Waals surface area contributed by atoms with Crippen molar-refractivity contribution in [3.05, 3.63) is 60.7 Å². The van der Waals surface area contributed by atoms with E-state index in [0.717, 1.165) is 36.7 Å². The van der Waals surface area contributed by atoms with Gasteiger partial charge in [-0.3, -0.25) is 9.59 Å². The van der Waals surface area contributed by atoms with Gasteiger partial charge in [0, 0.05) is 11.4 Å². The molecule has 0 saturated heterocycles. The summed E-state index contributed by atoms with van der Waals surface area (Å²) in [5.74, 6) is 0.166. The molecule has 2 N–H and O–H groups in total. The Kier molecular flexibility index (Phi) is 6.56. The first-order valence-electron chi connectivity index (χ1n) is 9.21. The maximum absolute atomic E-state index is 12.2. The van der Waals surface area contributed by atoms with Gasteiger partial charge in [-0.2, -0.15) is 0 Å². The summed E-state index contributed by atoms with van der Waals surface area (Å²) in [5, 5.41) is 7.97. The van der Waals surface area contributed by atoms with Gasteiger partial charge >= 0.3 is 0 Å². The van der Waals surface area contributed by atoms with E-state index in [0.29, 0.717) is 0 Å². The highest BCUT2D eigenvalue weighted by atomic mass is 32.2. The molecule has 0 atom stereocenters. The maximum atomic E-state index is 12.2. The van der Waals surface area contributed by atoms with Gasteiger partial charge in [0.1, 0.15) is 0 Å². The molecule has 152 valence electrons. The number of nitrogens with one attached hydrogen (secondary N) is 2. The van der Waals surface area contributed by atoms with Gasteiger partial charge in [-0.1, -0.05) is 42.1 Å². The summed E-state index contributed by atoms with van der Waals surface area (Å²) < 4.78 is 2.04. The number of thiazole rings is 1. The quantitative estimate of drug-likeness (QED) is 0.363. The number of anilines is 2. The lowest BCUT2D eigenvalue weighted by Crippen LogP contribution is -2.18. The number of hydrogen-bond acceptors (Lipinski definition) is 6. The van der Waals surface area contributed by atoms with Crippen molar-refractivity contribution >= 4 is 79.0 Å². The van der Waals surface area contributed by atoms with E-state index in [-0.39, 0.29) is 23.3 Å². The van der Waals surface area contributed by atoms with Crippen LogP contribution in [0.15, 0.2) is 65.0 Å². The van der Waals surface area contributed by atoms with Gasteiger partial charge in [-0.05, 0) is 47.4 Å². The topological polar surface area (TPSA) is 71.1 Å². The van der Waals surface area contributed by atoms with Gasteiger partial charge in [0.2, 0.25) is 11.8 Å². The fourth-order valence-electron chi connectivity index (χ4n) is 2.97. The number of benzene rings is 3. The number of carbonyl (C=O) groups excluding carboxylic acids is 2. The van der Waals surface area contributed by atoms with Crippen molar-refractivity contribution in [3.63, 3.8) is 0 Å². The van der Waals surface area contributed by atoms with E-state index in [4.69, 9.17) is 0 Å². The van der Waals surface area contributed by atoms with Crippen molar-refractivity contribution in [2.75, 3.05) is 28.4 Å². The molecule has 3 aromatic carbocycles. The maximum Gasteiger partial charge on any atom is 0.234 e. The van der Waals surface area contributed by atoms with Crippen LogP contribution in [0.25, 0.3) is 21.0 Å². The Morgan fingerprint density at radius 2 is 1.57 bits per heavy atom. The first-order chi connectivity index (χ1) is 14.6. The molecule has 30 heavy (non-hydrogen) atoms. The standard InChI is InChI=1S/C22H19N3O2S3/c1-28-22-25-18-9-8-17(11-19(18)30-22)24-21(27)13-29-12-20(26)23-16-7-6-14-4-2-3-5-15(14)10-16/h2-11H,12-13H2,1H3,(H,23,26)(H,24,27). The smallest absolute Gasteiger partial charge is 0.234 e. The average Bonchev–Trinajstić information content (AvgIpc) is 3.16. The van der Waals surface area contributed by atoms with Crippen LogP contribution in [-0.4, -0.2) is 34.6 Å². The normalized spacial score (nSPS) is 11.0. The highest BCUT2D eigenvalue weighted by Crippen LogP contribution is 2.30. The van der Waals surface area contributed by atoms with E-state index in [9.17, 15) is 9.59 Å². The van der Waals surface area contributed by atoms with E-state index in [1.807, 2.05) is 66.9 Å². The number of thioether (sulfide) groups is 2. The van der Waals surface area contributed by atoms with Crippen molar-refractivity contribution in [1.82, 2.24) is 4.98 Å². The molecule has 4 rings (SSSR count). The molecule has 0 unspecified atom stereocenters. The summed E-state index contributed by atoms with van der Waals surface area (Å²) in [5.41, 5.74) is 2.43. The molecular weight excluding hydrogens is 434 g/mol. The summed E-state index contributed by atoms with van der Waals surface area (Å²) in [6, 6.07) is 19.5. The van der Waals surface area contributed by atoms with E-state index < -0.39 is 0 Å². The number of carbonyl (C=O) groups is 2. The second kappa shape index (κ2) is 9.51. The zero-order valence-corrected chi connectivity index (χ0v) is 18.6. The van der Waals surface area contributed by atoms with Crippen molar-refractivity contribution < 1.29 is 9.59 Å². The molecule has 1 heterocycles. The number of hydrogen-bond donors (Lipinski definition) is 2. The molecule has 0 bridgehead atoms. The Morgan fingerprint density at radius 3 is 2.30 bits per heavy atom. The summed E-state index contributed by atoms with van der Waals surface area (Å²) in [6.07, 6.45) is 1.99. The fourth-order valence-corrected chi connectivity index (χ4v) is 5.11. The van der Waals surface area contributed by atoms with E-state index >= 15 is 0 Å². The lowest BCUT2D eigenvalue weighted by Gasteiger charge is -2.07. The van der Waals surface area contributed by atoms with Gasteiger partial charge in [-0.15, -0.1) is 23.1 Å². The predicted octanol–water partition coefficient (Wildman–Crippen LogP) is 5.48. The minimum Gasteiger partial charge on any atom is -0.325 e. The summed E-state index contributed by atoms with van der Waals surface area (Å²) in [7, 11) is 0. The van der Waals surface area contributed by atoms with Crippen LogP contribution in [0.1, 0.15) is 0 Å². The first-order valence-corrected chi connectivity index (χ1v) is 12.4. The van der Waals surface area contributed by atoms with E-state index in [1.54, 1.807) is 23.1 Å². The average molecular weight is 454 g/mol. The van der Waals surface area contributed by atoms with Gasteiger partial charge in [0.25, 0.3) is 0 Å². The molecule has 0 aliphatic heterocycles. The molecule has 0 fully saturated rings. The lowest BCUT2D eigenvalue weighted by molar-refractivity contribution is -0.114. The lowest BCUT2D eigenvalue weighted by atomic mass is 10.1. The van der Waals surface area contributed by atoms with Crippen LogP contribution in [-0.2, 0) is 9.59 Å². The summed E-state index contributed by atoms with van der Waals surface area (Å²) in [6.45, 7) is 0. The van der Waals surface area contributed by atoms with Gasteiger partial charge in [0.05, 0.1) is 21.7 Å². The van der Waals surface area contributed by atoms with Gasteiger partial charge < -0.3 is 10.6 Å². The molecular formula is C22H19N3O2S3. The third kappa shape index (κ3) is 5.13. The van der Waals surface area contributed by atoms with Crippen molar-refractivity contribution in [1.29, 1.82) is 0 Å². The number of fused-ring (bicyclic) bond motifs is 2. The molecule has 8 heteroatoms. The molecule has 0 saturated carbocycles. The second-order valence-corrected chi connectivity index (χ2v) is 9.59. The predicted molar refractivity (Wildman–Crippen MR) is 130 cm³/mol. The van der Waals surface area contributed by atoms with E-state index in [1.165, 1.54) is 11.8 Å². The Hall–Kier alpha value is -2.55. The van der Waals surface area contributed by atoms with E-state index in [2.05, 4.69) is 15.6 Å². The van der Waals surface area contributed by atoms with Crippen LogP contribution in [0.2, 0.25) is 0 Å². The minimum atomic E-state index is -0.132. The Labute approximate surface area is 186 Å². The van der Waals surface area contributed by atoms with Crippen LogP contribution in [0.3, 0.4) is 0 Å². The van der Waals surface area contributed by atoms with Crippen molar-refractivity contribution in [3.8, 4) is 0 Å². The molecule has 0 spiro atoms. The molecule has 4 aromatic rings.